The number of aromatic nitrogens is 2. The molecule has 0 spiro atoms. The highest BCUT2D eigenvalue weighted by Gasteiger charge is 2.31. The molecule has 20 heavy (non-hydrogen) atoms. The second-order valence-electron chi connectivity index (χ2n) is 5.09. The standard InChI is InChI=1S/C14H18F3N3/c1-9(2)20-12-6-5-10(14(15,16)17)8-11(12)19-13(20)4-3-7-18/h5-6,8-9H,3-4,7,18H2,1-2H3. The predicted octanol–water partition coefficient (Wildman–Crippen LogP) is 3.53. The predicted molar refractivity (Wildman–Crippen MR) is 72.5 cm³/mol. The van der Waals surface area contributed by atoms with Crippen LogP contribution < -0.4 is 5.73 Å². The van der Waals surface area contributed by atoms with Crippen LogP contribution in [-0.2, 0) is 12.6 Å². The van der Waals surface area contributed by atoms with Gasteiger partial charge in [-0.3, -0.25) is 0 Å². The number of hydrogen-bond donors (Lipinski definition) is 1. The summed E-state index contributed by atoms with van der Waals surface area (Å²) in [7, 11) is 0. The Morgan fingerprint density at radius 2 is 2.00 bits per heavy atom. The van der Waals surface area contributed by atoms with Crippen LogP contribution in [-0.4, -0.2) is 16.1 Å². The van der Waals surface area contributed by atoms with E-state index in [0.717, 1.165) is 29.9 Å². The molecule has 0 bridgehead atoms. The Bertz CT molecular complexity index is 599. The van der Waals surface area contributed by atoms with Crippen LogP contribution in [0.2, 0.25) is 0 Å². The second-order valence-corrected chi connectivity index (χ2v) is 5.09. The van der Waals surface area contributed by atoms with Crippen molar-refractivity contribution in [3.8, 4) is 0 Å². The van der Waals surface area contributed by atoms with Gasteiger partial charge in [0.2, 0.25) is 0 Å². The van der Waals surface area contributed by atoms with E-state index in [9.17, 15) is 13.2 Å². The van der Waals surface area contributed by atoms with Gasteiger partial charge in [-0.2, -0.15) is 13.2 Å². The topological polar surface area (TPSA) is 43.8 Å². The molecular weight excluding hydrogens is 267 g/mol. The monoisotopic (exact) mass is 285 g/mol. The van der Waals surface area contributed by atoms with Crippen LogP contribution in [0.15, 0.2) is 18.2 Å². The Labute approximate surface area is 115 Å². The molecule has 2 rings (SSSR count). The normalized spacial score (nSPS) is 12.6. The number of imidazole rings is 1. The van der Waals surface area contributed by atoms with Gasteiger partial charge in [-0.1, -0.05) is 0 Å². The van der Waals surface area contributed by atoms with Crippen molar-refractivity contribution in [3.05, 3.63) is 29.6 Å². The molecule has 2 N–H and O–H groups in total. The molecule has 1 heterocycles. The quantitative estimate of drug-likeness (QED) is 0.934. The summed E-state index contributed by atoms with van der Waals surface area (Å²) in [5.41, 5.74) is 5.95. The third-order valence-electron chi connectivity index (χ3n) is 3.21. The maximum absolute atomic E-state index is 12.7. The number of rotatable bonds is 4. The van der Waals surface area contributed by atoms with Gasteiger partial charge >= 0.3 is 6.18 Å². The average molecular weight is 285 g/mol. The Kier molecular flexibility index (Phi) is 4.04. The average Bonchev–Trinajstić information content (AvgIpc) is 2.72. The molecule has 0 atom stereocenters. The first-order valence-corrected chi connectivity index (χ1v) is 6.62. The van der Waals surface area contributed by atoms with Gasteiger partial charge in [0.25, 0.3) is 0 Å². The molecule has 0 aliphatic rings. The van der Waals surface area contributed by atoms with Crippen molar-refractivity contribution < 1.29 is 13.2 Å². The Balaban J connectivity index is 2.55. The van der Waals surface area contributed by atoms with E-state index in [4.69, 9.17) is 5.73 Å². The van der Waals surface area contributed by atoms with Crippen LogP contribution in [0.25, 0.3) is 11.0 Å². The van der Waals surface area contributed by atoms with Crippen molar-refractivity contribution in [1.82, 2.24) is 9.55 Å². The molecular formula is C14H18F3N3. The van der Waals surface area contributed by atoms with Crippen molar-refractivity contribution in [2.45, 2.75) is 38.9 Å². The third kappa shape index (κ3) is 2.80. The lowest BCUT2D eigenvalue weighted by Crippen LogP contribution is -2.09. The summed E-state index contributed by atoms with van der Waals surface area (Å²) in [5.74, 6) is 0.791. The molecule has 0 saturated carbocycles. The van der Waals surface area contributed by atoms with Gasteiger partial charge in [-0.15, -0.1) is 0 Å². The molecule has 0 unspecified atom stereocenters. The van der Waals surface area contributed by atoms with Crippen molar-refractivity contribution >= 4 is 11.0 Å². The molecule has 0 fully saturated rings. The Morgan fingerprint density at radius 3 is 2.55 bits per heavy atom. The van der Waals surface area contributed by atoms with E-state index in [2.05, 4.69) is 4.98 Å². The molecule has 3 nitrogen and oxygen atoms in total. The summed E-state index contributed by atoms with van der Waals surface area (Å²) in [6.07, 6.45) is -2.90. The maximum atomic E-state index is 12.7. The molecule has 0 aliphatic heterocycles. The number of hydrogen-bond acceptors (Lipinski definition) is 2. The van der Waals surface area contributed by atoms with Crippen LogP contribution in [0.3, 0.4) is 0 Å². The van der Waals surface area contributed by atoms with Gasteiger partial charge in [0, 0.05) is 12.5 Å². The zero-order chi connectivity index (χ0) is 14.9. The number of halogens is 3. The number of fused-ring (bicyclic) bond motifs is 1. The van der Waals surface area contributed by atoms with Crippen LogP contribution in [0, 0.1) is 0 Å². The van der Waals surface area contributed by atoms with Gasteiger partial charge in [0.05, 0.1) is 16.6 Å². The fourth-order valence-corrected chi connectivity index (χ4v) is 2.34. The first-order chi connectivity index (χ1) is 9.34. The minimum atomic E-state index is -4.34. The third-order valence-corrected chi connectivity index (χ3v) is 3.21. The molecule has 6 heteroatoms. The lowest BCUT2D eigenvalue weighted by atomic mass is 10.2. The molecule has 110 valence electrons. The van der Waals surface area contributed by atoms with Crippen molar-refractivity contribution in [1.29, 1.82) is 0 Å². The molecule has 0 saturated heterocycles. The number of benzene rings is 1. The summed E-state index contributed by atoms with van der Waals surface area (Å²) in [4.78, 5) is 4.35. The van der Waals surface area contributed by atoms with E-state index < -0.39 is 11.7 Å². The number of alkyl halides is 3. The van der Waals surface area contributed by atoms with E-state index in [1.54, 1.807) is 0 Å². The fraction of sp³-hybridized carbons (Fsp3) is 0.500. The van der Waals surface area contributed by atoms with Crippen molar-refractivity contribution in [2.75, 3.05) is 6.54 Å². The highest BCUT2D eigenvalue weighted by Crippen LogP contribution is 2.32. The summed E-state index contributed by atoms with van der Waals surface area (Å²) in [5, 5.41) is 0. The summed E-state index contributed by atoms with van der Waals surface area (Å²) < 4.78 is 40.2. The fourth-order valence-electron chi connectivity index (χ4n) is 2.34. The molecule has 2 aromatic rings. The van der Waals surface area contributed by atoms with E-state index >= 15 is 0 Å². The minimum Gasteiger partial charge on any atom is -0.330 e. The summed E-state index contributed by atoms with van der Waals surface area (Å²) in [6.45, 7) is 4.52. The van der Waals surface area contributed by atoms with Crippen LogP contribution in [0.1, 0.15) is 37.7 Å². The zero-order valence-corrected chi connectivity index (χ0v) is 11.5. The highest BCUT2D eigenvalue weighted by atomic mass is 19.4. The molecule has 0 radical (unpaired) electrons. The van der Waals surface area contributed by atoms with Crippen LogP contribution in [0.4, 0.5) is 13.2 Å². The molecule has 1 aromatic heterocycles. The van der Waals surface area contributed by atoms with Crippen molar-refractivity contribution in [2.24, 2.45) is 5.73 Å². The molecule has 0 amide bonds. The van der Waals surface area contributed by atoms with Crippen LogP contribution in [0.5, 0.6) is 0 Å². The minimum absolute atomic E-state index is 0.143. The largest absolute Gasteiger partial charge is 0.416 e. The summed E-state index contributed by atoms with van der Waals surface area (Å²) in [6, 6.07) is 3.86. The lowest BCUT2D eigenvalue weighted by Gasteiger charge is -2.13. The van der Waals surface area contributed by atoms with Gasteiger partial charge in [-0.05, 0) is 45.0 Å². The maximum Gasteiger partial charge on any atom is 0.416 e. The van der Waals surface area contributed by atoms with Gasteiger partial charge in [-0.25, -0.2) is 4.98 Å². The van der Waals surface area contributed by atoms with E-state index in [0.29, 0.717) is 18.5 Å². The zero-order valence-electron chi connectivity index (χ0n) is 11.5. The lowest BCUT2D eigenvalue weighted by molar-refractivity contribution is -0.137. The van der Waals surface area contributed by atoms with Crippen molar-refractivity contribution in [3.63, 3.8) is 0 Å². The Morgan fingerprint density at radius 1 is 1.30 bits per heavy atom. The highest BCUT2D eigenvalue weighted by molar-refractivity contribution is 5.77. The number of aryl methyl sites for hydroxylation is 1. The number of nitrogens with two attached hydrogens (primary N) is 1. The van der Waals surface area contributed by atoms with E-state index in [1.807, 2.05) is 18.4 Å². The summed E-state index contributed by atoms with van der Waals surface area (Å²) >= 11 is 0. The molecule has 0 aliphatic carbocycles. The first-order valence-electron chi connectivity index (χ1n) is 6.62. The second kappa shape index (κ2) is 5.44. The van der Waals surface area contributed by atoms with E-state index in [-0.39, 0.29) is 6.04 Å². The first kappa shape index (κ1) is 14.8. The molecule has 1 aromatic carbocycles. The van der Waals surface area contributed by atoms with Gasteiger partial charge in [0.15, 0.2) is 0 Å². The SMILES string of the molecule is CC(C)n1c(CCCN)nc2cc(C(F)(F)F)ccc21. The van der Waals surface area contributed by atoms with E-state index in [1.165, 1.54) is 6.07 Å². The van der Waals surface area contributed by atoms with Gasteiger partial charge in [0.1, 0.15) is 5.82 Å². The van der Waals surface area contributed by atoms with Gasteiger partial charge < -0.3 is 10.3 Å². The Hall–Kier alpha value is -1.56. The number of nitrogens with zero attached hydrogens (tertiary/aromatic N) is 2. The smallest absolute Gasteiger partial charge is 0.330 e. The van der Waals surface area contributed by atoms with Crippen LogP contribution >= 0.6 is 0 Å².